The number of carboxylic acids is 1. The van der Waals surface area contributed by atoms with E-state index in [1.807, 2.05) is 0 Å². The molecule has 0 aromatic heterocycles. The molecule has 2 N–H and O–H groups in total. The normalized spacial score (nSPS) is 24.1. The maximum Gasteiger partial charge on any atom is 0.318 e. The maximum absolute atomic E-state index is 12.0. The summed E-state index contributed by atoms with van der Waals surface area (Å²) >= 11 is 0. The first-order chi connectivity index (χ1) is 8.51. The Labute approximate surface area is 106 Å². The first-order valence-electron chi connectivity index (χ1n) is 5.85. The zero-order chi connectivity index (χ0) is 13.7. The highest BCUT2D eigenvalue weighted by Crippen LogP contribution is 2.20. The lowest BCUT2D eigenvalue weighted by molar-refractivity contribution is -0.142. The van der Waals surface area contributed by atoms with Crippen LogP contribution in [0.3, 0.4) is 0 Å². The van der Waals surface area contributed by atoms with Crippen LogP contribution in [-0.2, 0) is 9.53 Å². The fourth-order valence-corrected chi connectivity index (χ4v) is 1.92. The third-order valence-electron chi connectivity index (χ3n) is 2.96. The molecular weight excluding hydrogens is 236 g/mol. The summed E-state index contributed by atoms with van der Waals surface area (Å²) in [7, 11) is 0. The van der Waals surface area contributed by atoms with E-state index in [4.69, 9.17) is 16.3 Å². The standard InChI is InChI=1S/C12H18N2O4/c1-4-8(3)13-12(17)14(5-2)10-7-18-6-9(10)11(15)16/h1,8-10H,5-7H2,2-3H3,(H,13,17)(H,15,16). The van der Waals surface area contributed by atoms with E-state index < -0.39 is 24.0 Å². The molecule has 1 saturated heterocycles. The third kappa shape index (κ3) is 3.14. The molecule has 1 rings (SSSR count). The summed E-state index contributed by atoms with van der Waals surface area (Å²) in [5, 5.41) is 11.7. The fourth-order valence-electron chi connectivity index (χ4n) is 1.92. The second-order valence-corrected chi connectivity index (χ2v) is 4.17. The molecule has 1 aliphatic heterocycles. The molecule has 0 aliphatic carbocycles. The van der Waals surface area contributed by atoms with Gasteiger partial charge in [0.2, 0.25) is 0 Å². The van der Waals surface area contributed by atoms with Gasteiger partial charge in [-0.25, -0.2) is 4.79 Å². The van der Waals surface area contributed by atoms with Crippen molar-refractivity contribution in [3.63, 3.8) is 0 Å². The van der Waals surface area contributed by atoms with Crippen LogP contribution in [-0.4, -0.2) is 53.8 Å². The molecule has 0 aromatic rings. The van der Waals surface area contributed by atoms with E-state index in [-0.39, 0.29) is 19.2 Å². The van der Waals surface area contributed by atoms with Gasteiger partial charge in [0, 0.05) is 6.54 Å². The van der Waals surface area contributed by atoms with Gasteiger partial charge in [-0.3, -0.25) is 4.79 Å². The Morgan fingerprint density at radius 2 is 2.28 bits per heavy atom. The quantitative estimate of drug-likeness (QED) is 0.699. The molecule has 2 amide bonds. The van der Waals surface area contributed by atoms with Gasteiger partial charge in [0.1, 0.15) is 5.92 Å². The van der Waals surface area contributed by atoms with E-state index in [0.29, 0.717) is 6.54 Å². The predicted octanol–water partition coefficient (Wildman–Crippen LogP) is 0.139. The zero-order valence-electron chi connectivity index (χ0n) is 10.5. The molecule has 100 valence electrons. The van der Waals surface area contributed by atoms with E-state index in [1.54, 1.807) is 13.8 Å². The van der Waals surface area contributed by atoms with Crippen LogP contribution < -0.4 is 5.32 Å². The Balaban J connectivity index is 2.74. The number of aliphatic carboxylic acids is 1. The lowest BCUT2D eigenvalue weighted by Crippen LogP contribution is -2.52. The van der Waals surface area contributed by atoms with Crippen molar-refractivity contribution in [3.8, 4) is 12.3 Å². The largest absolute Gasteiger partial charge is 0.481 e. The summed E-state index contributed by atoms with van der Waals surface area (Å²) < 4.78 is 5.15. The van der Waals surface area contributed by atoms with E-state index >= 15 is 0 Å². The van der Waals surface area contributed by atoms with Crippen molar-refractivity contribution in [2.45, 2.75) is 25.9 Å². The van der Waals surface area contributed by atoms with Gasteiger partial charge in [-0.05, 0) is 13.8 Å². The number of likely N-dealkylation sites (N-methyl/N-ethyl adjacent to an activating group) is 1. The molecule has 1 fully saturated rings. The van der Waals surface area contributed by atoms with Crippen LogP contribution in [0.2, 0.25) is 0 Å². The predicted molar refractivity (Wildman–Crippen MR) is 64.9 cm³/mol. The molecular formula is C12H18N2O4. The van der Waals surface area contributed by atoms with Crippen molar-refractivity contribution < 1.29 is 19.4 Å². The van der Waals surface area contributed by atoms with Crippen LogP contribution in [0.4, 0.5) is 4.79 Å². The number of carbonyl (C=O) groups excluding carboxylic acids is 1. The molecule has 0 saturated carbocycles. The molecule has 6 nitrogen and oxygen atoms in total. The summed E-state index contributed by atoms with van der Waals surface area (Å²) in [5.41, 5.74) is 0. The molecule has 1 aliphatic rings. The Hall–Kier alpha value is -1.74. The molecule has 0 aromatic carbocycles. The average Bonchev–Trinajstić information content (AvgIpc) is 2.79. The number of rotatable bonds is 4. The molecule has 0 radical (unpaired) electrons. The molecule has 0 spiro atoms. The van der Waals surface area contributed by atoms with E-state index in [2.05, 4.69) is 11.2 Å². The van der Waals surface area contributed by atoms with Crippen molar-refractivity contribution in [2.24, 2.45) is 5.92 Å². The second kappa shape index (κ2) is 6.26. The van der Waals surface area contributed by atoms with Gasteiger partial charge < -0.3 is 20.1 Å². The number of ether oxygens (including phenoxy) is 1. The van der Waals surface area contributed by atoms with Gasteiger partial charge in [-0.1, -0.05) is 5.92 Å². The van der Waals surface area contributed by atoms with Gasteiger partial charge in [0.05, 0.1) is 25.3 Å². The second-order valence-electron chi connectivity index (χ2n) is 4.17. The van der Waals surface area contributed by atoms with Crippen LogP contribution in [0.15, 0.2) is 0 Å². The molecule has 1 heterocycles. The minimum Gasteiger partial charge on any atom is -0.481 e. The number of carbonyl (C=O) groups is 2. The Bertz CT molecular complexity index is 364. The SMILES string of the molecule is C#CC(C)NC(=O)N(CC)C1COCC1C(=O)O. The molecule has 3 unspecified atom stereocenters. The van der Waals surface area contributed by atoms with Gasteiger partial charge in [-0.2, -0.15) is 0 Å². The first kappa shape index (κ1) is 14.3. The summed E-state index contributed by atoms with van der Waals surface area (Å²) in [6.07, 6.45) is 5.19. The zero-order valence-corrected chi connectivity index (χ0v) is 10.5. The Morgan fingerprint density at radius 3 is 2.78 bits per heavy atom. The van der Waals surface area contributed by atoms with Crippen molar-refractivity contribution in [1.82, 2.24) is 10.2 Å². The summed E-state index contributed by atoms with van der Waals surface area (Å²) in [6, 6.07) is -1.20. The van der Waals surface area contributed by atoms with E-state index in [9.17, 15) is 9.59 Å². The minimum absolute atomic E-state index is 0.133. The number of nitrogens with one attached hydrogen (secondary N) is 1. The number of carboxylic acid groups (broad SMARTS) is 1. The summed E-state index contributed by atoms with van der Waals surface area (Å²) in [4.78, 5) is 24.5. The number of hydrogen-bond acceptors (Lipinski definition) is 3. The Morgan fingerprint density at radius 1 is 1.61 bits per heavy atom. The van der Waals surface area contributed by atoms with Gasteiger partial charge >= 0.3 is 12.0 Å². The van der Waals surface area contributed by atoms with Crippen molar-refractivity contribution in [3.05, 3.63) is 0 Å². The lowest BCUT2D eigenvalue weighted by Gasteiger charge is -2.29. The van der Waals surface area contributed by atoms with Crippen LogP contribution in [0.5, 0.6) is 0 Å². The minimum atomic E-state index is -0.950. The highest BCUT2D eigenvalue weighted by molar-refractivity contribution is 5.77. The number of nitrogens with zero attached hydrogens (tertiary/aromatic N) is 1. The van der Waals surface area contributed by atoms with Gasteiger partial charge in [0.25, 0.3) is 0 Å². The maximum atomic E-state index is 12.0. The van der Waals surface area contributed by atoms with Crippen LogP contribution >= 0.6 is 0 Å². The monoisotopic (exact) mass is 254 g/mol. The van der Waals surface area contributed by atoms with Crippen LogP contribution in [0, 0.1) is 18.3 Å². The van der Waals surface area contributed by atoms with Gasteiger partial charge in [-0.15, -0.1) is 6.42 Å². The first-order valence-corrected chi connectivity index (χ1v) is 5.85. The van der Waals surface area contributed by atoms with Crippen molar-refractivity contribution in [2.75, 3.05) is 19.8 Å². The smallest absolute Gasteiger partial charge is 0.318 e. The highest BCUT2D eigenvalue weighted by Gasteiger charge is 2.39. The van der Waals surface area contributed by atoms with Crippen molar-refractivity contribution >= 4 is 12.0 Å². The topological polar surface area (TPSA) is 78.9 Å². The van der Waals surface area contributed by atoms with Crippen molar-refractivity contribution in [1.29, 1.82) is 0 Å². The summed E-state index contributed by atoms with van der Waals surface area (Å²) in [6.45, 7) is 4.25. The number of amides is 2. The summed E-state index contributed by atoms with van der Waals surface area (Å²) in [5.74, 6) is 0.759. The molecule has 6 heteroatoms. The Kier molecular flexibility index (Phi) is 4.98. The van der Waals surface area contributed by atoms with Crippen LogP contribution in [0.25, 0.3) is 0 Å². The van der Waals surface area contributed by atoms with E-state index in [0.717, 1.165) is 0 Å². The fraction of sp³-hybridized carbons (Fsp3) is 0.667. The number of terminal acetylenes is 1. The van der Waals surface area contributed by atoms with Crippen LogP contribution in [0.1, 0.15) is 13.8 Å². The number of urea groups is 1. The average molecular weight is 254 g/mol. The third-order valence-corrected chi connectivity index (χ3v) is 2.96. The molecule has 0 bridgehead atoms. The van der Waals surface area contributed by atoms with E-state index in [1.165, 1.54) is 4.90 Å². The molecule has 3 atom stereocenters. The molecule has 18 heavy (non-hydrogen) atoms. The number of hydrogen-bond donors (Lipinski definition) is 2. The van der Waals surface area contributed by atoms with Gasteiger partial charge in [0.15, 0.2) is 0 Å². The lowest BCUT2D eigenvalue weighted by atomic mass is 10.0. The highest BCUT2D eigenvalue weighted by atomic mass is 16.5.